The maximum absolute atomic E-state index is 12.4. The summed E-state index contributed by atoms with van der Waals surface area (Å²) < 4.78 is 10.9. The van der Waals surface area contributed by atoms with Crippen LogP contribution in [0.5, 0.6) is 11.5 Å². The van der Waals surface area contributed by atoms with Crippen LogP contribution < -0.4 is 9.47 Å². The summed E-state index contributed by atoms with van der Waals surface area (Å²) in [5, 5.41) is 8.73. The topological polar surface area (TPSA) is 62.6 Å². The number of nitriles is 1. The van der Waals surface area contributed by atoms with Crippen LogP contribution in [0.1, 0.15) is 36.4 Å². The number of carbonyl (C=O) groups excluding carboxylic acids is 1. The lowest BCUT2D eigenvalue weighted by Gasteiger charge is -2.42. The smallest absolute Gasteiger partial charge is 0.231 e. The van der Waals surface area contributed by atoms with E-state index in [9.17, 15) is 4.79 Å². The van der Waals surface area contributed by atoms with Crippen LogP contribution >= 0.6 is 0 Å². The highest BCUT2D eigenvalue weighted by Crippen LogP contribution is 2.43. The van der Waals surface area contributed by atoms with Gasteiger partial charge in [0.1, 0.15) is 5.78 Å². The van der Waals surface area contributed by atoms with Gasteiger partial charge in [-0.1, -0.05) is 0 Å². The number of hydrogen-bond acceptors (Lipinski definition) is 5. The maximum Gasteiger partial charge on any atom is 0.231 e. The SMILES string of the molecule is N#CCCC1CN2CCc3cc4c(cc3C2CC1=O)OCO4. The Labute approximate surface area is 129 Å². The van der Waals surface area contributed by atoms with E-state index in [4.69, 9.17) is 14.7 Å². The normalized spacial score (nSPS) is 26.2. The van der Waals surface area contributed by atoms with Crippen LogP contribution in [0, 0.1) is 17.2 Å². The summed E-state index contributed by atoms with van der Waals surface area (Å²) in [5.41, 5.74) is 2.48. The number of rotatable bonds is 2. The van der Waals surface area contributed by atoms with E-state index in [1.807, 2.05) is 0 Å². The summed E-state index contributed by atoms with van der Waals surface area (Å²) in [6.07, 6.45) is 2.67. The largest absolute Gasteiger partial charge is 0.454 e. The monoisotopic (exact) mass is 298 g/mol. The van der Waals surface area contributed by atoms with Crippen LogP contribution in [-0.4, -0.2) is 30.6 Å². The Morgan fingerprint density at radius 2 is 2.14 bits per heavy atom. The lowest BCUT2D eigenvalue weighted by molar-refractivity contribution is -0.129. The van der Waals surface area contributed by atoms with E-state index in [1.54, 1.807) is 0 Å². The molecule has 0 saturated carbocycles. The number of Topliss-reactive ketones (excluding diaryl/α,β-unsaturated/α-hetero) is 1. The first kappa shape index (κ1) is 13.6. The van der Waals surface area contributed by atoms with Crippen molar-refractivity contribution in [2.75, 3.05) is 19.9 Å². The molecule has 5 nitrogen and oxygen atoms in total. The van der Waals surface area contributed by atoms with Crippen molar-refractivity contribution in [1.82, 2.24) is 4.90 Å². The molecule has 1 fully saturated rings. The Balaban J connectivity index is 1.61. The molecule has 1 aromatic carbocycles. The molecule has 0 amide bonds. The van der Waals surface area contributed by atoms with Crippen molar-refractivity contribution >= 4 is 5.78 Å². The van der Waals surface area contributed by atoms with Crippen LogP contribution in [0.4, 0.5) is 0 Å². The van der Waals surface area contributed by atoms with Gasteiger partial charge < -0.3 is 9.47 Å². The van der Waals surface area contributed by atoms with Crippen LogP contribution in [-0.2, 0) is 11.2 Å². The number of ether oxygens (including phenoxy) is 2. The van der Waals surface area contributed by atoms with E-state index < -0.39 is 0 Å². The van der Waals surface area contributed by atoms with Crippen molar-refractivity contribution in [2.24, 2.45) is 5.92 Å². The van der Waals surface area contributed by atoms with Gasteiger partial charge in [-0.25, -0.2) is 0 Å². The zero-order valence-corrected chi connectivity index (χ0v) is 12.4. The Kier molecular flexibility index (Phi) is 3.27. The van der Waals surface area contributed by atoms with E-state index in [2.05, 4.69) is 23.1 Å². The average molecular weight is 298 g/mol. The summed E-state index contributed by atoms with van der Waals surface area (Å²) >= 11 is 0. The molecule has 0 bridgehead atoms. The number of hydrogen-bond donors (Lipinski definition) is 0. The molecule has 4 rings (SSSR count). The minimum Gasteiger partial charge on any atom is -0.454 e. The van der Waals surface area contributed by atoms with Gasteiger partial charge in [0, 0.05) is 37.9 Å². The molecule has 1 saturated heterocycles. The molecule has 3 aliphatic heterocycles. The Morgan fingerprint density at radius 3 is 2.95 bits per heavy atom. The maximum atomic E-state index is 12.4. The fourth-order valence-corrected chi connectivity index (χ4v) is 3.83. The zero-order chi connectivity index (χ0) is 15.1. The third-order valence-corrected chi connectivity index (χ3v) is 5.01. The molecule has 2 unspecified atom stereocenters. The Bertz CT molecular complexity index is 665. The van der Waals surface area contributed by atoms with Gasteiger partial charge in [0.15, 0.2) is 11.5 Å². The Hall–Kier alpha value is -2.06. The highest BCUT2D eigenvalue weighted by atomic mass is 16.7. The molecule has 0 radical (unpaired) electrons. The van der Waals surface area contributed by atoms with Crippen molar-refractivity contribution in [3.05, 3.63) is 23.3 Å². The van der Waals surface area contributed by atoms with Crippen molar-refractivity contribution in [2.45, 2.75) is 31.7 Å². The molecule has 0 N–H and O–H groups in total. The van der Waals surface area contributed by atoms with E-state index in [1.165, 1.54) is 11.1 Å². The average Bonchev–Trinajstić information content (AvgIpc) is 2.98. The lowest BCUT2D eigenvalue weighted by Crippen LogP contribution is -2.46. The van der Waals surface area contributed by atoms with Crippen molar-refractivity contribution in [3.8, 4) is 17.6 Å². The number of ketones is 1. The first-order chi connectivity index (χ1) is 10.8. The first-order valence-corrected chi connectivity index (χ1v) is 7.82. The van der Waals surface area contributed by atoms with E-state index >= 15 is 0 Å². The number of benzene rings is 1. The number of nitrogens with zero attached hydrogens (tertiary/aromatic N) is 2. The third kappa shape index (κ3) is 2.15. The second-order valence-electron chi connectivity index (χ2n) is 6.23. The number of fused-ring (bicyclic) bond motifs is 4. The predicted octanol–water partition coefficient (Wildman–Crippen LogP) is 2.21. The molecule has 1 aromatic rings. The lowest BCUT2D eigenvalue weighted by atomic mass is 9.81. The molecule has 3 heterocycles. The van der Waals surface area contributed by atoms with Gasteiger partial charge >= 0.3 is 0 Å². The zero-order valence-electron chi connectivity index (χ0n) is 12.4. The van der Waals surface area contributed by atoms with Gasteiger partial charge in [-0.15, -0.1) is 0 Å². The molecule has 0 spiro atoms. The molecule has 5 heteroatoms. The Morgan fingerprint density at radius 1 is 1.32 bits per heavy atom. The van der Waals surface area contributed by atoms with Gasteiger partial charge in [-0.2, -0.15) is 5.26 Å². The van der Waals surface area contributed by atoms with Crippen molar-refractivity contribution in [3.63, 3.8) is 0 Å². The molecular weight excluding hydrogens is 280 g/mol. The van der Waals surface area contributed by atoms with E-state index in [0.29, 0.717) is 25.0 Å². The molecule has 114 valence electrons. The van der Waals surface area contributed by atoms with Crippen LogP contribution in [0.15, 0.2) is 12.1 Å². The fraction of sp³-hybridized carbons (Fsp3) is 0.529. The molecule has 0 aliphatic carbocycles. The summed E-state index contributed by atoms with van der Waals surface area (Å²) in [5.74, 6) is 1.93. The quantitative estimate of drug-likeness (QED) is 0.837. The van der Waals surface area contributed by atoms with Crippen molar-refractivity contribution in [1.29, 1.82) is 5.26 Å². The molecule has 2 atom stereocenters. The van der Waals surface area contributed by atoms with E-state index in [-0.39, 0.29) is 18.8 Å². The van der Waals surface area contributed by atoms with Crippen LogP contribution in [0.25, 0.3) is 0 Å². The third-order valence-electron chi connectivity index (χ3n) is 5.01. The summed E-state index contributed by atoms with van der Waals surface area (Å²) in [7, 11) is 0. The van der Waals surface area contributed by atoms with E-state index in [0.717, 1.165) is 31.0 Å². The summed E-state index contributed by atoms with van der Waals surface area (Å²) in [6.45, 7) is 2.02. The summed E-state index contributed by atoms with van der Waals surface area (Å²) in [4.78, 5) is 14.8. The van der Waals surface area contributed by atoms with Gasteiger partial charge in [0.2, 0.25) is 6.79 Å². The summed E-state index contributed by atoms with van der Waals surface area (Å²) in [6, 6.07) is 6.43. The molecule has 0 aromatic heterocycles. The molecule has 22 heavy (non-hydrogen) atoms. The van der Waals surface area contributed by atoms with Crippen LogP contribution in [0.2, 0.25) is 0 Å². The van der Waals surface area contributed by atoms with Gasteiger partial charge in [0.25, 0.3) is 0 Å². The van der Waals surface area contributed by atoms with Gasteiger partial charge in [-0.05, 0) is 36.1 Å². The van der Waals surface area contributed by atoms with Crippen LogP contribution in [0.3, 0.4) is 0 Å². The van der Waals surface area contributed by atoms with Gasteiger partial charge in [-0.3, -0.25) is 9.69 Å². The van der Waals surface area contributed by atoms with Crippen molar-refractivity contribution < 1.29 is 14.3 Å². The number of carbonyl (C=O) groups is 1. The highest BCUT2D eigenvalue weighted by molar-refractivity contribution is 5.83. The molecular formula is C17H18N2O3. The molecule has 3 aliphatic rings. The minimum atomic E-state index is 0.0199. The standard InChI is InChI=1S/C17H18N2O3/c18-4-1-2-12-9-19-5-3-11-6-16-17(22-10-21-16)7-13(11)14(19)8-15(12)20/h6-7,12,14H,1-3,5,8-10H2. The minimum absolute atomic E-state index is 0.0199. The second-order valence-corrected chi connectivity index (χ2v) is 6.23. The second kappa shape index (κ2) is 5.29. The highest BCUT2D eigenvalue weighted by Gasteiger charge is 2.38. The predicted molar refractivity (Wildman–Crippen MR) is 78.5 cm³/mol. The first-order valence-electron chi connectivity index (χ1n) is 7.82. The fourth-order valence-electron chi connectivity index (χ4n) is 3.83. The van der Waals surface area contributed by atoms with Gasteiger partial charge in [0.05, 0.1) is 6.07 Å². The number of piperidine rings is 1.